The molecule has 2 aromatic rings. The third-order valence-electron chi connectivity index (χ3n) is 3.34. The normalized spacial score (nSPS) is 11.8. The molecular formula is C17H25N5O7. The van der Waals surface area contributed by atoms with E-state index < -0.39 is 35.9 Å². The topological polar surface area (TPSA) is 249 Å². The average Bonchev–Trinajstić information content (AvgIpc) is 3.05. The number of benzene rings is 1. The Kier molecular flexibility index (Phi) is 11.3. The van der Waals surface area contributed by atoms with Crippen LogP contribution >= 0.6 is 0 Å². The van der Waals surface area contributed by atoms with Crippen LogP contribution in [0.25, 0.3) is 10.9 Å². The number of carboxylic acid groups (broad SMARTS) is 3. The number of aromatic nitrogens is 1. The van der Waals surface area contributed by atoms with E-state index in [1.165, 1.54) is 0 Å². The van der Waals surface area contributed by atoms with Gasteiger partial charge in [-0.15, -0.1) is 0 Å². The molecule has 160 valence electrons. The van der Waals surface area contributed by atoms with Crippen LogP contribution in [-0.4, -0.2) is 62.7 Å². The second kappa shape index (κ2) is 12.8. The fourth-order valence-electron chi connectivity index (χ4n) is 1.93. The molecule has 0 aliphatic heterocycles. The number of aromatic amines is 1. The van der Waals surface area contributed by atoms with Gasteiger partial charge in [0.2, 0.25) is 5.91 Å². The molecule has 12 nitrogen and oxygen atoms in total. The first-order valence-electron chi connectivity index (χ1n) is 8.21. The SMILES string of the molecule is NC(=O)CC(N)C(=O)O.NC(Cc1c[nH]c2ccccc12)C(=O)O.NCC(=O)O. The molecule has 0 spiro atoms. The van der Waals surface area contributed by atoms with Gasteiger partial charge in [0, 0.05) is 23.5 Å². The summed E-state index contributed by atoms with van der Waals surface area (Å²) >= 11 is 0. The molecule has 1 aromatic heterocycles. The maximum Gasteiger partial charge on any atom is 0.321 e. The number of carbonyl (C=O) groups is 4. The molecule has 0 saturated heterocycles. The van der Waals surface area contributed by atoms with Crippen LogP contribution in [0.5, 0.6) is 0 Å². The van der Waals surface area contributed by atoms with E-state index in [1.807, 2.05) is 30.5 Å². The molecule has 2 rings (SSSR count). The second-order valence-corrected chi connectivity index (χ2v) is 5.72. The van der Waals surface area contributed by atoms with E-state index in [2.05, 4.69) is 16.5 Å². The van der Waals surface area contributed by atoms with Gasteiger partial charge in [-0.05, 0) is 11.6 Å². The van der Waals surface area contributed by atoms with E-state index in [1.54, 1.807) is 0 Å². The summed E-state index contributed by atoms with van der Waals surface area (Å²) in [7, 11) is 0. The summed E-state index contributed by atoms with van der Waals surface area (Å²) in [5.74, 6) is -3.86. The monoisotopic (exact) mass is 411 g/mol. The maximum absolute atomic E-state index is 10.6. The molecule has 0 aliphatic rings. The largest absolute Gasteiger partial charge is 0.480 e. The molecule has 0 fully saturated rings. The molecule has 1 amide bonds. The average molecular weight is 411 g/mol. The number of amides is 1. The van der Waals surface area contributed by atoms with Crippen molar-refractivity contribution in [1.82, 2.24) is 4.98 Å². The first kappa shape index (κ1) is 25.5. The van der Waals surface area contributed by atoms with E-state index in [9.17, 15) is 19.2 Å². The Bertz CT molecular complexity index is 836. The fourth-order valence-corrected chi connectivity index (χ4v) is 1.93. The lowest BCUT2D eigenvalue weighted by Gasteiger charge is -2.04. The van der Waals surface area contributed by atoms with Crippen molar-refractivity contribution in [3.05, 3.63) is 36.0 Å². The van der Waals surface area contributed by atoms with Gasteiger partial charge < -0.3 is 43.2 Å². The van der Waals surface area contributed by atoms with Crippen molar-refractivity contribution in [3.8, 4) is 0 Å². The first-order valence-corrected chi connectivity index (χ1v) is 8.21. The van der Waals surface area contributed by atoms with E-state index in [0.29, 0.717) is 6.42 Å². The van der Waals surface area contributed by atoms with Crippen LogP contribution in [-0.2, 0) is 25.6 Å². The molecular weight excluding hydrogens is 386 g/mol. The molecule has 12 N–H and O–H groups in total. The minimum atomic E-state index is -1.21. The minimum absolute atomic E-state index is 0.278. The lowest BCUT2D eigenvalue weighted by molar-refractivity contribution is -0.140. The summed E-state index contributed by atoms with van der Waals surface area (Å²) in [5.41, 5.74) is 21.6. The van der Waals surface area contributed by atoms with Crippen molar-refractivity contribution >= 4 is 34.7 Å². The highest BCUT2D eigenvalue weighted by Crippen LogP contribution is 2.18. The third kappa shape index (κ3) is 10.4. The Hall–Kier alpha value is -3.48. The van der Waals surface area contributed by atoms with Gasteiger partial charge >= 0.3 is 17.9 Å². The highest BCUT2D eigenvalue weighted by molar-refractivity contribution is 5.84. The van der Waals surface area contributed by atoms with Crippen LogP contribution in [0.4, 0.5) is 0 Å². The number of hydrogen-bond acceptors (Lipinski definition) is 7. The zero-order valence-corrected chi connectivity index (χ0v) is 15.4. The highest BCUT2D eigenvalue weighted by Gasteiger charge is 2.14. The van der Waals surface area contributed by atoms with Crippen LogP contribution in [0.2, 0.25) is 0 Å². The number of nitrogens with one attached hydrogen (secondary N) is 1. The third-order valence-corrected chi connectivity index (χ3v) is 3.34. The van der Waals surface area contributed by atoms with Crippen molar-refractivity contribution in [1.29, 1.82) is 0 Å². The van der Waals surface area contributed by atoms with Crippen molar-refractivity contribution in [3.63, 3.8) is 0 Å². The van der Waals surface area contributed by atoms with Crippen LogP contribution < -0.4 is 22.9 Å². The molecule has 2 atom stereocenters. The zero-order valence-electron chi connectivity index (χ0n) is 15.4. The van der Waals surface area contributed by atoms with Crippen molar-refractivity contribution < 1.29 is 34.5 Å². The smallest absolute Gasteiger partial charge is 0.321 e. The van der Waals surface area contributed by atoms with Crippen LogP contribution in [0.3, 0.4) is 0 Å². The van der Waals surface area contributed by atoms with Crippen LogP contribution in [0, 0.1) is 0 Å². The Morgan fingerprint density at radius 1 is 0.966 bits per heavy atom. The minimum Gasteiger partial charge on any atom is -0.480 e. The molecule has 0 bridgehead atoms. The van der Waals surface area contributed by atoms with Crippen LogP contribution in [0.1, 0.15) is 12.0 Å². The summed E-state index contributed by atoms with van der Waals surface area (Å²) in [6.45, 7) is -0.278. The molecule has 1 aromatic carbocycles. The number of hydrogen-bond donors (Lipinski definition) is 8. The summed E-state index contributed by atoms with van der Waals surface area (Å²) in [5, 5.41) is 25.4. The van der Waals surface area contributed by atoms with E-state index >= 15 is 0 Å². The standard InChI is InChI=1S/C11H12N2O2.C4H8N2O3.C2H5NO2/c12-9(11(14)15)5-7-6-13-10-4-2-1-3-8(7)10;5-2(4(8)9)1-3(6)7;3-1-2(4)5/h1-4,6,9,13H,5,12H2,(H,14,15);2H,1,5H2,(H2,6,7)(H,8,9);1,3H2,(H,4,5). The van der Waals surface area contributed by atoms with Crippen LogP contribution in [0.15, 0.2) is 30.5 Å². The van der Waals surface area contributed by atoms with Gasteiger partial charge in [0.05, 0.1) is 13.0 Å². The fraction of sp³-hybridized carbons (Fsp3) is 0.294. The molecule has 29 heavy (non-hydrogen) atoms. The summed E-state index contributed by atoms with van der Waals surface area (Å²) in [6, 6.07) is 5.75. The number of aliphatic carboxylic acids is 3. The molecule has 12 heteroatoms. The van der Waals surface area contributed by atoms with Gasteiger partial charge in [-0.1, -0.05) is 18.2 Å². The number of para-hydroxylation sites is 1. The first-order chi connectivity index (χ1) is 13.5. The molecule has 0 radical (unpaired) electrons. The zero-order chi connectivity index (χ0) is 22.6. The van der Waals surface area contributed by atoms with Crippen molar-refractivity contribution in [2.75, 3.05) is 6.54 Å². The lowest BCUT2D eigenvalue weighted by Crippen LogP contribution is -2.34. The van der Waals surface area contributed by atoms with E-state index in [-0.39, 0.29) is 13.0 Å². The maximum atomic E-state index is 10.6. The van der Waals surface area contributed by atoms with E-state index in [4.69, 9.17) is 26.8 Å². The number of rotatable bonds is 7. The summed E-state index contributed by atoms with van der Waals surface area (Å²) < 4.78 is 0. The number of carbonyl (C=O) groups excluding carboxylic acids is 1. The van der Waals surface area contributed by atoms with Gasteiger partial charge in [-0.25, -0.2) is 0 Å². The number of carboxylic acids is 3. The second-order valence-electron chi connectivity index (χ2n) is 5.72. The highest BCUT2D eigenvalue weighted by atomic mass is 16.4. The number of primary amides is 1. The van der Waals surface area contributed by atoms with Crippen molar-refractivity contribution in [2.24, 2.45) is 22.9 Å². The Balaban J connectivity index is 0.000000479. The summed E-state index contributed by atoms with van der Waals surface area (Å²) in [6.07, 6.45) is 1.85. The predicted molar refractivity (Wildman–Crippen MR) is 104 cm³/mol. The Morgan fingerprint density at radius 3 is 1.90 bits per heavy atom. The lowest BCUT2D eigenvalue weighted by atomic mass is 10.1. The van der Waals surface area contributed by atoms with Gasteiger partial charge in [0.1, 0.15) is 12.1 Å². The van der Waals surface area contributed by atoms with Gasteiger partial charge in [0.25, 0.3) is 0 Å². The summed E-state index contributed by atoms with van der Waals surface area (Å²) in [4.78, 5) is 42.8. The molecule has 0 saturated carbocycles. The molecule has 1 heterocycles. The van der Waals surface area contributed by atoms with Gasteiger partial charge in [-0.2, -0.15) is 0 Å². The van der Waals surface area contributed by atoms with Gasteiger partial charge in [0.15, 0.2) is 0 Å². The number of nitrogens with two attached hydrogens (primary N) is 4. The Labute approximate surface area is 165 Å². The molecule has 2 unspecified atom stereocenters. The van der Waals surface area contributed by atoms with Gasteiger partial charge in [-0.3, -0.25) is 19.2 Å². The predicted octanol–water partition coefficient (Wildman–Crippen LogP) is -1.57. The Morgan fingerprint density at radius 2 is 1.48 bits per heavy atom. The van der Waals surface area contributed by atoms with Crippen molar-refractivity contribution in [2.45, 2.75) is 24.9 Å². The quantitative estimate of drug-likeness (QED) is 0.259. The number of H-pyrrole nitrogens is 1. The van der Waals surface area contributed by atoms with E-state index in [0.717, 1.165) is 16.5 Å². The molecule has 0 aliphatic carbocycles. The number of fused-ring (bicyclic) bond motifs is 1.